The molecule has 3 N–H and O–H groups in total. The molecular formula is C22H23N3O2. The van der Waals surface area contributed by atoms with Crippen LogP contribution in [0.15, 0.2) is 77.7 Å². The second kappa shape index (κ2) is 8.85. The van der Waals surface area contributed by atoms with Crippen LogP contribution in [0.3, 0.4) is 0 Å². The number of benzene rings is 2. The smallest absolute Gasteiger partial charge is 0.250 e. The molecule has 1 amide bonds. The Kier molecular flexibility index (Phi) is 6.05. The fourth-order valence-electron chi connectivity index (χ4n) is 3.15. The molecule has 0 aliphatic carbocycles. The molecule has 1 fully saturated rings. The molecule has 0 unspecified atom stereocenters. The molecular weight excluding hydrogens is 338 g/mol. The highest BCUT2D eigenvalue weighted by molar-refractivity contribution is 6.00. The van der Waals surface area contributed by atoms with Crippen LogP contribution in [0.2, 0.25) is 0 Å². The maximum Gasteiger partial charge on any atom is 0.250 e. The number of nitrogens with two attached hydrogens (primary N) is 1. The number of rotatable bonds is 3. The molecule has 0 saturated carbocycles. The maximum absolute atomic E-state index is 11.8. The summed E-state index contributed by atoms with van der Waals surface area (Å²) in [5.41, 5.74) is 9.23. The van der Waals surface area contributed by atoms with Crippen LogP contribution in [0, 0.1) is 0 Å². The zero-order valence-corrected chi connectivity index (χ0v) is 15.1. The van der Waals surface area contributed by atoms with Gasteiger partial charge < -0.3 is 15.6 Å². The van der Waals surface area contributed by atoms with Crippen molar-refractivity contribution >= 4 is 11.6 Å². The Hall–Kier alpha value is -3.34. The van der Waals surface area contributed by atoms with Gasteiger partial charge in [-0.2, -0.15) is 0 Å². The first-order valence-corrected chi connectivity index (χ1v) is 9.03. The number of hydrogen-bond acceptors (Lipinski definition) is 3. The molecule has 1 aliphatic heterocycles. The minimum atomic E-state index is -0.357. The molecule has 27 heavy (non-hydrogen) atoms. The number of amides is 1. The van der Waals surface area contributed by atoms with Crippen molar-refractivity contribution in [3.63, 3.8) is 0 Å². The van der Waals surface area contributed by atoms with Gasteiger partial charge in [0.2, 0.25) is 5.56 Å². The Balaban J connectivity index is 0.000000253. The van der Waals surface area contributed by atoms with Crippen LogP contribution in [0.4, 0.5) is 5.69 Å². The molecule has 2 aromatic carbocycles. The third kappa shape index (κ3) is 4.85. The summed E-state index contributed by atoms with van der Waals surface area (Å²) in [4.78, 5) is 26.7. The lowest BCUT2D eigenvalue weighted by Gasteiger charge is -2.21. The first-order valence-electron chi connectivity index (χ1n) is 9.03. The molecule has 3 aromatic rings. The SMILES string of the molecule is NC(=O)c1cc(-c2ccccc2)ccc1N1CCCC1.O=c1cccc[nH]1. The molecule has 1 aromatic heterocycles. The summed E-state index contributed by atoms with van der Waals surface area (Å²) in [6.45, 7) is 2.01. The van der Waals surface area contributed by atoms with Gasteiger partial charge in [0.25, 0.3) is 5.91 Å². The highest BCUT2D eigenvalue weighted by atomic mass is 16.1. The molecule has 138 valence electrons. The predicted molar refractivity (Wildman–Crippen MR) is 109 cm³/mol. The number of H-pyrrole nitrogens is 1. The van der Waals surface area contributed by atoms with Gasteiger partial charge in [-0.3, -0.25) is 9.59 Å². The van der Waals surface area contributed by atoms with Crippen molar-refractivity contribution in [2.45, 2.75) is 12.8 Å². The van der Waals surface area contributed by atoms with Crippen LogP contribution >= 0.6 is 0 Å². The minimum Gasteiger partial charge on any atom is -0.371 e. The molecule has 0 radical (unpaired) electrons. The molecule has 0 bridgehead atoms. The lowest BCUT2D eigenvalue weighted by Crippen LogP contribution is -2.23. The van der Waals surface area contributed by atoms with Gasteiger partial charge in [-0.15, -0.1) is 0 Å². The van der Waals surface area contributed by atoms with E-state index in [1.54, 1.807) is 18.3 Å². The second-order valence-electron chi connectivity index (χ2n) is 6.38. The number of aromatic amines is 1. The number of aromatic nitrogens is 1. The number of nitrogens with one attached hydrogen (secondary N) is 1. The van der Waals surface area contributed by atoms with Crippen molar-refractivity contribution in [3.05, 3.63) is 88.8 Å². The van der Waals surface area contributed by atoms with Crippen molar-refractivity contribution in [2.75, 3.05) is 18.0 Å². The van der Waals surface area contributed by atoms with Gasteiger partial charge in [0.05, 0.1) is 5.56 Å². The van der Waals surface area contributed by atoms with Gasteiger partial charge in [-0.25, -0.2) is 0 Å². The van der Waals surface area contributed by atoms with Crippen LogP contribution < -0.4 is 16.2 Å². The van der Waals surface area contributed by atoms with E-state index in [2.05, 4.69) is 16.0 Å². The van der Waals surface area contributed by atoms with E-state index in [-0.39, 0.29) is 11.5 Å². The number of primary amides is 1. The molecule has 0 spiro atoms. The van der Waals surface area contributed by atoms with Crippen LogP contribution in [0.5, 0.6) is 0 Å². The van der Waals surface area contributed by atoms with E-state index in [9.17, 15) is 9.59 Å². The lowest BCUT2D eigenvalue weighted by atomic mass is 10.0. The molecule has 1 aliphatic rings. The van der Waals surface area contributed by atoms with Crippen LogP contribution in [-0.4, -0.2) is 24.0 Å². The summed E-state index contributed by atoms with van der Waals surface area (Å²) in [6, 6.07) is 21.0. The van der Waals surface area contributed by atoms with Gasteiger partial charge in [-0.05, 0) is 42.2 Å². The molecule has 4 rings (SSSR count). The highest BCUT2D eigenvalue weighted by Gasteiger charge is 2.18. The first kappa shape index (κ1) is 18.5. The third-order valence-corrected chi connectivity index (χ3v) is 4.50. The lowest BCUT2D eigenvalue weighted by molar-refractivity contribution is 0.100. The van der Waals surface area contributed by atoms with Crippen molar-refractivity contribution in [2.24, 2.45) is 5.73 Å². The summed E-state index contributed by atoms with van der Waals surface area (Å²) in [6.07, 6.45) is 3.96. The number of nitrogens with zero attached hydrogens (tertiary/aromatic N) is 1. The van der Waals surface area contributed by atoms with E-state index in [0.29, 0.717) is 5.56 Å². The largest absolute Gasteiger partial charge is 0.371 e. The Bertz CT molecular complexity index is 928. The molecule has 0 atom stereocenters. The van der Waals surface area contributed by atoms with E-state index in [1.165, 1.54) is 18.9 Å². The second-order valence-corrected chi connectivity index (χ2v) is 6.38. The average Bonchev–Trinajstić information content (AvgIpc) is 3.24. The van der Waals surface area contributed by atoms with Gasteiger partial charge in [-0.1, -0.05) is 42.5 Å². The summed E-state index contributed by atoms with van der Waals surface area (Å²) in [5.74, 6) is -0.357. The van der Waals surface area contributed by atoms with Gasteiger partial charge in [0.15, 0.2) is 0 Å². The topological polar surface area (TPSA) is 79.2 Å². The van der Waals surface area contributed by atoms with Crippen molar-refractivity contribution < 1.29 is 4.79 Å². The fraction of sp³-hybridized carbons (Fsp3) is 0.182. The fourth-order valence-corrected chi connectivity index (χ4v) is 3.15. The Morgan fingerprint density at radius 3 is 2.15 bits per heavy atom. The molecule has 2 heterocycles. The van der Waals surface area contributed by atoms with Crippen molar-refractivity contribution in [1.29, 1.82) is 0 Å². The Labute approximate surface area is 158 Å². The number of anilines is 1. The Morgan fingerprint density at radius 2 is 1.59 bits per heavy atom. The summed E-state index contributed by atoms with van der Waals surface area (Å²) < 4.78 is 0. The monoisotopic (exact) mass is 361 g/mol. The summed E-state index contributed by atoms with van der Waals surface area (Å²) in [5, 5.41) is 0. The normalized spacial score (nSPS) is 13.0. The Morgan fingerprint density at radius 1 is 0.889 bits per heavy atom. The zero-order chi connectivity index (χ0) is 19.1. The van der Waals surface area contributed by atoms with Crippen LogP contribution in [0.1, 0.15) is 23.2 Å². The average molecular weight is 361 g/mol. The van der Waals surface area contributed by atoms with Gasteiger partial charge in [0, 0.05) is 31.0 Å². The zero-order valence-electron chi connectivity index (χ0n) is 15.1. The minimum absolute atomic E-state index is 0.0532. The van der Waals surface area contributed by atoms with Crippen LogP contribution in [-0.2, 0) is 0 Å². The molecule has 1 saturated heterocycles. The quantitative estimate of drug-likeness (QED) is 0.750. The summed E-state index contributed by atoms with van der Waals surface area (Å²) in [7, 11) is 0. The standard InChI is InChI=1S/C17H18N2O.C5H5NO/c18-17(20)15-12-14(13-6-2-1-3-7-13)8-9-16(15)19-10-4-5-11-19;7-5-3-1-2-4-6-5/h1-3,6-9,12H,4-5,10-11H2,(H2,18,20);1-4H,(H,6,7). The summed E-state index contributed by atoms with van der Waals surface area (Å²) >= 11 is 0. The van der Waals surface area contributed by atoms with Crippen molar-refractivity contribution in [1.82, 2.24) is 4.98 Å². The molecule has 5 nitrogen and oxygen atoms in total. The van der Waals surface area contributed by atoms with Gasteiger partial charge in [0.1, 0.15) is 0 Å². The van der Waals surface area contributed by atoms with E-state index < -0.39 is 0 Å². The number of carbonyl (C=O) groups is 1. The predicted octanol–water partition coefficient (Wildman–Crippen LogP) is 3.43. The molecule has 5 heteroatoms. The number of pyridine rings is 1. The van der Waals surface area contributed by atoms with Gasteiger partial charge >= 0.3 is 0 Å². The van der Waals surface area contributed by atoms with Crippen LogP contribution in [0.25, 0.3) is 11.1 Å². The van der Waals surface area contributed by atoms with E-state index in [1.807, 2.05) is 42.5 Å². The van der Waals surface area contributed by atoms with E-state index in [0.717, 1.165) is 29.9 Å². The van der Waals surface area contributed by atoms with E-state index >= 15 is 0 Å². The third-order valence-electron chi connectivity index (χ3n) is 4.50. The first-order chi connectivity index (χ1) is 13.1. The number of carbonyl (C=O) groups excluding carboxylic acids is 1. The number of hydrogen-bond donors (Lipinski definition) is 2. The van der Waals surface area contributed by atoms with Crippen molar-refractivity contribution in [3.8, 4) is 11.1 Å². The maximum atomic E-state index is 11.8. The van der Waals surface area contributed by atoms with E-state index in [4.69, 9.17) is 5.73 Å². The highest BCUT2D eigenvalue weighted by Crippen LogP contribution is 2.29.